The first-order valence-electron chi connectivity index (χ1n) is 8.96. The molecule has 0 spiro atoms. The van der Waals surface area contributed by atoms with Gasteiger partial charge in [-0.1, -0.05) is 0 Å². The highest BCUT2D eigenvalue weighted by atomic mass is 31.2. The van der Waals surface area contributed by atoms with Crippen LogP contribution < -0.4 is 14.2 Å². The highest BCUT2D eigenvalue weighted by molar-refractivity contribution is 7.60. The van der Waals surface area contributed by atoms with Crippen LogP contribution in [-0.2, 0) is 14.1 Å². The van der Waals surface area contributed by atoms with Gasteiger partial charge in [0.15, 0.2) is 5.75 Å². The minimum atomic E-state index is -3.41. The Kier molecular flexibility index (Phi) is 4.39. The molecule has 0 bridgehead atoms. The van der Waals surface area contributed by atoms with E-state index in [0.717, 1.165) is 18.5 Å². The first-order valence-corrected chi connectivity index (χ1v) is 10.6. The molecule has 0 saturated carbocycles. The van der Waals surface area contributed by atoms with E-state index in [0.29, 0.717) is 24.3 Å². The summed E-state index contributed by atoms with van der Waals surface area (Å²) in [6.45, 7) is 2.84. The molecule has 0 amide bonds. The summed E-state index contributed by atoms with van der Waals surface area (Å²) in [5.74, 6) is 0.974. The fourth-order valence-corrected chi connectivity index (χ4v) is 7.19. The van der Waals surface area contributed by atoms with E-state index in [1.54, 1.807) is 26.2 Å². The number of rotatable bonds is 4. The molecule has 2 fully saturated rings. The zero-order valence-electron chi connectivity index (χ0n) is 15.3. The molecule has 2 saturated heterocycles. The average molecular weight is 381 g/mol. The van der Waals surface area contributed by atoms with Gasteiger partial charge in [-0.3, -0.25) is 9.69 Å². The molecule has 4 rings (SSSR count). The van der Waals surface area contributed by atoms with Crippen LogP contribution in [-0.4, -0.2) is 49.4 Å². The predicted molar refractivity (Wildman–Crippen MR) is 94.0 cm³/mol. The third kappa shape index (κ3) is 2.38. The molecule has 3 aliphatic heterocycles. The van der Waals surface area contributed by atoms with Gasteiger partial charge in [0, 0.05) is 18.5 Å². The molecular formula is C18H24NO6P. The lowest BCUT2D eigenvalue weighted by Gasteiger charge is -2.41. The lowest BCUT2D eigenvalue weighted by Crippen LogP contribution is -2.47. The minimum absolute atomic E-state index is 0.215. The number of esters is 1. The summed E-state index contributed by atoms with van der Waals surface area (Å²) in [5, 5.41) is 0. The summed E-state index contributed by atoms with van der Waals surface area (Å²) in [7, 11) is -0.394. The summed E-state index contributed by atoms with van der Waals surface area (Å²) in [6, 6.07) is 5.24. The maximum absolute atomic E-state index is 13.6. The van der Waals surface area contributed by atoms with Crippen LogP contribution in [0.1, 0.15) is 37.8 Å². The molecular weight excluding hydrogens is 357 g/mol. The normalized spacial score (nSPS) is 35.2. The average Bonchev–Trinajstić information content (AvgIpc) is 3.19. The molecule has 7 nitrogen and oxygen atoms in total. The van der Waals surface area contributed by atoms with Gasteiger partial charge in [0.25, 0.3) is 7.94 Å². The number of methoxy groups -OCH3 is 2. The summed E-state index contributed by atoms with van der Waals surface area (Å²) < 4.78 is 22.0. The SMILES string of the molecule is CCO[P+]1([O-])Oc2ccc(OC)cc2[C@H]2[C@@H]1C[C@@]1(C(=O)OC)CCCN21. The number of hydrogen-bond acceptors (Lipinski definition) is 7. The van der Waals surface area contributed by atoms with Crippen LogP contribution >= 0.6 is 7.94 Å². The largest absolute Gasteiger partial charge is 0.624 e. The Morgan fingerprint density at radius 1 is 1.46 bits per heavy atom. The molecule has 0 aromatic heterocycles. The van der Waals surface area contributed by atoms with Crippen LogP contribution in [0.4, 0.5) is 0 Å². The van der Waals surface area contributed by atoms with Gasteiger partial charge in [0.05, 0.1) is 26.9 Å². The Morgan fingerprint density at radius 3 is 2.96 bits per heavy atom. The van der Waals surface area contributed by atoms with Crippen molar-refractivity contribution in [2.45, 2.75) is 43.4 Å². The van der Waals surface area contributed by atoms with Gasteiger partial charge in [0.1, 0.15) is 16.9 Å². The van der Waals surface area contributed by atoms with Crippen LogP contribution in [0.15, 0.2) is 18.2 Å². The van der Waals surface area contributed by atoms with Crippen molar-refractivity contribution in [1.29, 1.82) is 0 Å². The topological polar surface area (TPSA) is 80.3 Å². The second kappa shape index (κ2) is 6.34. The fraction of sp³-hybridized carbons (Fsp3) is 0.611. The van der Waals surface area contributed by atoms with Gasteiger partial charge in [-0.05, 0) is 38.0 Å². The Bertz CT molecular complexity index is 730. The second-order valence-electron chi connectivity index (χ2n) is 6.99. The van der Waals surface area contributed by atoms with Crippen molar-refractivity contribution < 1.29 is 28.2 Å². The van der Waals surface area contributed by atoms with Crippen molar-refractivity contribution in [3.63, 3.8) is 0 Å². The number of ether oxygens (including phenoxy) is 2. The van der Waals surface area contributed by atoms with Crippen LogP contribution in [0.25, 0.3) is 0 Å². The Morgan fingerprint density at radius 2 is 2.27 bits per heavy atom. The van der Waals surface area contributed by atoms with Crippen molar-refractivity contribution in [3.8, 4) is 11.5 Å². The van der Waals surface area contributed by atoms with Crippen LogP contribution in [0.5, 0.6) is 11.5 Å². The number of nitrogens with zero attached hydrogens (tertiary/aromatic N) is 1. The van der Waals surface area contributed by atoms with Crippen molar-refractivity contribution in [3.05, 3.63) is 23.8 Å². The van der Waals surface area contributed by atoms with Crippen LogP contribution in [0.2, 0.25) is 0 Å². The third-order valence-corrected chi connectivity index (χ3v) is 8.17. The maximum Gasteiger partial charge on any atom is 0.326 e. The second-order valence-corrected chi connectivity index (χ2v) is 9.17. The number of fused-ring (bicyclic) bond motifs is 5. The lowest BCUT2D eigenvalue weighted by molar-refractivity contribution is -0.215. The van der Waals surface area contributed by atoms with E-state index < -0.39 is 19.1 Å². The van der Waals surface area contributed by atoms with Crippen molar-refractivity contribution in [1.82, 2.24) is 4.90 Å². The van der Waals surface area contributed by atoms with Crippen molar-refractivity contribution in [2.24, 2.45) is 0 Å². The zero-order chi connectivity index (χ0) is 18.5. The van der Waals surface area contributed by atoms with E-state index >= 15 is 0 Å². The van der Waals surface area contributed by atoms with E-state index in [9.17, 15) is 9.69 Å². The number of benzene rings is 1. The quantitative estimate of drug-likeness (QED) is 0.583. The van der Waals surface area contributed by atoms with E-state index in [4.69, 9.17) is 18.5 Å². The Hall–Kier alpha value is -1.40. The Balaban J connectivity index is 1.86. The molecule has 1 unspecified atom stereocenters. The summed E-state index contributed by atoms with van der Waals surface area (Å²) in [4.78, 5) is 28.4. The van der Waals surface area contributed by atoms with Gasteiger partial charge >= 0.3 is 5.97 Å². The molecule has 142 valence electrons. The van der Waals surface area contributed by atoms with Gasteiger partial charge < -0.3 is 18.9 Å². The highest BCUT2D eigenvalue weighted by Gasteiger charge is 2.68. The third-order valence-electron chi connectivity index (χ3n) is 5.83. The number of carbonyl (C=O) groups is 1. The summed E-state index contributed by atoms with van der Waals surface area (Å²) in [6.07, 6.45) is 2.01. The summed E-state index contributed by atoms with van der Waals surface area (Å²) >= 11 is 0. The maximum atomic E-state index is 13.6. The van der Waals surface area contributed by atoms with Gasteiger partial charge in [-0.2, -0.15) is 0 Å². The van der Waals surface area contributed by atoms with Crippen molar-refractivity contribution in [2.75, 3.05) is 27.4 Å². The molecule has 3 heterocycles. The monoisotopic (exact) mass is 381 g/mol. The summed E-state index contributed by atoms with van der Waals surface area (Å²) in [5.41, 5.74) is -0.264. The van der Waals surface area contributed by atoms with Crippen LogP contribution in [0.3, 0.4) is 0 Å². The minimum Gasteiger partial charge on any atom is -0.624 e. The van der Waals surface area contributed by atoms with E-state index in [2.05, 4.69) is 4.90 Å². The van der Waals surface area contributed by atoms with Gasteiger partial charge in [0.2, 0.25) is 0 Å². The van der Waals surface area contributed by atoms with E-state index in [-0.39, 0.29) is 18.6 Å². The predicted octanol–water partition coefficient (Wildman–Crippen LogP) is 2.07. The van der Waals surface area contributed by atoms with Gasteiger partial charge in [-0.15, -0.1) is 0 Å². The Labute approximate surface area is 153 Å². The first kappa shape index (κ1) is 18.0. The molecule has 4 atom stereocenters. The standard InChI is InChI=1S/C18H24NO6P/c1-4-24-26(21)15-11-18(17(20)23-3)8-5-9-19(18)16(15)13-10-12(22-2)6-7-14(13)25-26/h6-7,10,15-16H,4-5,8-9,11H2,1-3H3/t15-,16-,18+,26?/m0/s1. The molecule has 26 heavy (non-hydrogen) atoms. The fourth-order valence-electron chi connectivity index (χ4n) is 4.82. The molecule has 1 aromatic carbocycles. The zero-order valence-corrected chi connectivity index (χ0v) is 16.2. The number of hydrogen-bond donors (Lipinski definition) is 0. The van der Waals surface area contributed by atoms with E-state index in [1.165, 1.54) is 7.11 Å². The molecule has 8 heteroatoms. The smallest absolute Gasteiger partial charge is 0.326 e. The van der Waals surface area contributed by atoms with E-state index in [1.807, 2.05) is 6.07 Å². The molecule has 0 N–H and O–H groups in total. The molecule has 0 aliphatic carbocycles. The van der Waals surface area contributed by atoms with Crippen molar-refractivity contribution >= 4 is 13.9 Å². The highest BCUT2D eigenvalue weighted by Crippen LogP contribution is 2.71. The van der Waals surface area contributed by atoms with Gasteiger partial charge in [-0.25, -0.2) is 4.52 Å². The lowest BCUT2D eigenvalue weighted by atomic mass is 9.93. The first-order chi connectivity index (χ1) is 12.5. The molecule has 3 aliphatic rings. The molecule has 1 aromatic rings. The molecule has 0 radical (unpaired) electrons. The van der Waals surface area contributed by atoms with Crippen LogP contribution in [0, 0.1) is 0 Å². The number of carbonyl (C=O) groups excluding carboxylic acids is 1.